The molecule has 0 unspecified atom stereocenters. The highest BCUT2D eigenvalue weighted by molar-refractivity contribution is 7.80. The Morgan fingerprint density at radius 3 is 2.70 bits per heavy atom. The molecular weight excluding hydrogens is 361 g/mol. The molecule has 0 aromatic heterocycles. The second-order valence-corrected chi connectivity index (χ2v) is 5.29. The van der Waals surface area contributed by atoms with Crippen LogP contribution in [0.2, 0.25) is 10.0 Å². The first-order valence-corrected chi connectivity index (χ1v) is 7.58. The van der Waals surface area contributed by atoms with Crippen LogP contribution in [0, 0.1) is 0 Å². The first-order chi connectivity index (χ1) is 10.9. The third kappa shape index (κ3) is 6.01. The second kappa shape index (κ2) is 9.29. The van der Waals surface area contributed by atoms with Crippen molar-refractivity contribution >= 4 is 63.6 Å². The van der Waals surface area contributed by atoms with E-state index in [2.05, 4.69) is 33.3 Å². The van der Waals surface area contributed by atoms with Crippen LogP contribution in [0.3, 0.4) is 0 Å². The zero-order chi connectivity index (χ0) is 17.4. The van der Waals surface area contributed by atoms with Crippen LogP contribution in [0.4, 0.5) is 5.69 Å². The first kappa shape index (κ1) is 19.1. The lowest BCUT2D eigenvalue weighted by molar-refractivity contribution is -0.134. The van der Waals surface area contributed by atoms with Crippen molar-refractivity contribution in [1.82, 2.24) is 5.43 Å². The summed E-state index contributed by atoms with van der Waals surface area (Å²) in [5.74, 6) is -0.663. The molecule has 0 spiro atoms. The van der Waals surface area contributed by atoms with Gasteiger partial charge < -0.3 is 10.5 Å². The SMILES string of the molecule is CCOC(=O)C(=NNc1cccc(Cl)c1Cl)C(C)=NNC(N)=S. The van der Waals surface area contributed by atoms with Crippen molar-refractivity contribution in [2.75, 3.05) is 12.0 Å². The van der Waals surface area contributed by atoms with Crippen LogP contribution in [0.25, 0.3) is 0 Å². The van der Waals surface area contributed by atoms with Gasteiger partial charge in [0.25, 0.3) is 0 Å². The van der Waals surface area contributed by atoms with Gasteiger partial charge in [-0.25, -0.2) is 4.79 Å². The Balaban J connectivity index is 3.08. The van der Waals surface area contributed by atoms with Gasteiger partial charge in [0, 0.05) is 0 Å². The number of rotatable bonds is 6. The third-order valence-corrected chi connectivity index (χ3v) is 3.30. The van der Waals surface area contributed by atoms with Crippen LogP contribution >= 0.6 is 35.4 Å². The molecule has 23 heavy (non-hydrogen) atoms. The molecule has 0 atom stereocenters. The molecular formula is C13H15Cl2N5O2S. The van der Waals surface area contributed by atoms with E-state index >= 15 is 0 Å². The molecule has 0 aliphatic carbocycles. The van der Waals surface area contributed by atoms with Crippen molar-refractivity contribution in [3.8, 4) is 0 Å². The molecule has 0 saturated carbocycles. The predicted molar refractivity (Wildman–Crippen MR) is 97.2 cm³/mol. The van der Waals surface area contributed by atoms with E-state index in [1.54, 1.807) is 32.0 Å². The van der Waals surface area contributed by atoms with Crippen LogP contribution in [0.1, 0.15) is 13.8 Å². The molecule has 0 heterocycles. The molecule has 0 saturated heterocycles. The number of hydrogen-bond acceptors (Lipinski definition) is 6. The number of hydrogen-bond donors (Lipinski definition) is 3. The van der Waals surface area contributed by atoms with E-state index in [-0.39, 0.29) is 28.2 Å². The minimum Gasteiger partial charge on any atom is -0.461 e. The molecule has 0 amide bonds. The van der Waals surface area contributed by atoms with Gasteiger partial charge in [0.1, 0.15) is 0 Å². The maximum atomic E-state index is 12.0. The first-order valence-electron chi connectivity index (χ1n) is 6.41. The lowest BCUT2D eigenvalue weighted by atomic mass is 10.2. The topological polar surface area (TPSA) is 101 Å². The Bertz CT molecular complexity index is 664. The van der Waals surface area contributed by atoms with Crippen molar-refractivity contribution in [3.63, 3.8) is 0 Å². The summed E-state index contributed by atoms with van der Waals surface area (Å²) in [6, 6.07) is 4.97. The zero-order valence-electron chi connectivity index (χ0n) is 12.4. The Morgan fingerprint density at radius 2 is 2.09 bits per heavy atom. The molecule has 1 aromatic rings. The number of esters is 1. The number of anilines is 1. The number of halogens is 2. The molecule has 1 aromatic carbocycles. The van der Waals surface area contributed by atoms with E-state index in [1.165, 1.54) is 0 Å². The summed E-state index contributed by atoms with van der Waals surface area (Å²) in [6.07, 6.45) is 0. The van der Waals surface area contributed by atoms with Crippen molar-refractivity contribution in [3.05, 3.63) is 28.2 Å². The number of nitrogens with zero attached hydrogens (tertiary/aromatic N) is 2. The van der Waals surface area contributed by atoms with E-state index in [9.17, 15) is 4.79 Å². The van der Waals surface area contributed by atoms with Gasteiger partial charge in [-0.1, -0.05) is 29.3 Å². The molecule has 7 nitrogen and oxygen atoms in total. The largest absolute Gasteiger partial charge is 0.461 e. The highest BCUT2D eigenvalue weighted by Crippen LogP contribution is 2.29. The molecule has 0 aliphatic heterocycles. The lowest BCUT2D eigenvalue weighted by Crippen LogP contribution is -2.30. The maximum Gasteiger partial charge on any atom is 0.360 e. The number of nitrogens with two attached hydrogens (primary N) is 1. The summed E-state index contributed by atoms with van der Waals surface area (Å²) < 4.78 is 4.93. The van der Waals surface area contributed by atoms with Gasteiger partial charge in [0.05, 0.1) is 28.1 Å². The molecule has 4 N–H and O–H groups in total. The van der Waals surface area contributed by atoms with Gasteiger partial charge in [-0.3, -0.25) is 10.9 Å². The monoisotopic (exact) mass is 375 g/mol. The van der Waals surface area contributed by atoms with Gasteiger partial charge >= 0.3 is 5.97 Å². The van der Waals surface area contributed by atoms with Crippen LogP contribution in [0.15, 0.2) is 28.4 Å². The Morgan fingerprint density at radius 1 is 1.39 bits per heavy atom. The quantitative estimate of drug-likeness (QED) is 0.305. The van der Waals surface area contributed by atoms with Crippen molar-refractivity contribution in [2.24, 2.45) is 15.9 Å². The van der Waals surface area contributed by atoms with Crippen LogP contribution < -0.4 is 16.6 Å². The number of benzene rings is 1. The summed E-state index contributed by atoms with van der Waals surface area (Å²) in [6.45, 7) is 3.41. The number of nitrogens with one attached hydrogen (secondary N) is 2. The summed E-state index contributed by atoms with van der Waals surface area (Å²) in [7, 11) is 0. The van der Waals surface area contributed by atoms with Gasteiger partial charge in [0.15, 0.2) is 10.8 Å². The van der Waals surface area contributed by atoms with Gasteiger partial charge in [-0.05, 0) is 38.2 Å². The molecule has 0 fully saturated rings. The minimum atomic E-state index is -0.663. The number of thiocarbonyl (C=S) groups is 1. The van der Waals surface area contributed by atoms with Gasteiger partial charge in [0.2, 0.25) is 0 Å². The maximum absolute atomic E-state index is 12.0. The van der Waals surface area contributed by atoms with Crippen molar-refractivity contribution < 1.29 is 9.53 Å². The average molecular weight is 376 g/mol. The number of ether oxygens (including phenoxy) is 1. The number of carbonyl (C=O) groups excluding carboxylic acids is 1. The summed E-state index contributed by atoms with van der Waals surface area (Å²) in [4.78, 5) is 12.0. The standard InChI is InChI=1S/C13H15Cl2N5O2S/c1-3-22-12(21)11(7(2)17-20-13(16)23)19-18-9-6-4-5-8(14)10(9)15/h4-6,18H,3H2,1-2H3,(H3,16,20,23). The highest BCUT2D eigenvalue weighted by Gasteiger charge is 2.17. The molecule has 0 radical (unpaired) electrons. The molecule has 124 valence electrons. The van der Waals surface area contributed by atoms with Gasteiger partial charge in [-0.2, -0.15) is 10.2 Å². The fourth-order valence-electron chi connectivity index (χ4n) is 1.37. The highest BCUT2D eigenvalue weighted by atomic mass is 35.5. The molecule has 10 heteroatoms. The van der Waals surface area contributed by atoms with E-state index in [0.29, 0.717) is 10.7 Å². The summed E-state index contributed by atoms with van der Waals surface area (Å²) >= 11 is 16.6. The molecule has 1 rings (SSSR count). The van der Waals surface area contributed by atoms with Crippen LogP contribution in [-0.4, -0.2) is 29.1 Å². The third-order valence-electron chi connectivity index (χ3n) is 2.39. The van der Waals surface area contributed by atoms with E-state index in [4.69, 9.17) is 33.7 Å². The second-order valence-electron chi connectivity index (χ2n) is 4.07. The predicted octanol–water partition coefficient (Wildman–Crippen LogP) is 2.53. The van der Waals surface area contributed by atoms with Crippen molar-refractivity contribution in [2.45, 2.75) is 13.8 Å². The van der Waals surface area contributed by atoms with E-state index < -0.39 is 5.97 Å². The fraction of sp³-hybridized carbons (Fsp3) is 0.231. The van der Waals surface area contributed by atoms with Crippen molar-refractivity contribution in [1.29, 1.82) is 0 Å². The number of carbonyl (C=O) groups is 1. The average Bonchev–Trinajstić information content (AvgIpc) is 2.49. The Labute approximate surface area is 148 Å². The Hall–Kier alpha value is -1.90. The molecule has 0 bridgehead atoms. The summed E-state index contributed by atoms with van der Waals surface area (Å²) in [5, 5.41) is 8.42. The molecule has 0 aliphatic rings. The normalized spacial score (nSPS) is 11.8. The van der Waals surface area contributed by atoms with E-state index in [0.717, 1.165) is 0 Å². The fourth-order valence-corrected chi connectivity index (χ4v) is 1.76. The summed E-state index contributed by atoms with van der Waals surface area (Å²) in [5.41, 5.74) is 10.9. The Kier molecular flexibility index (Phi) is 7.73. The van der Waals surface area contributed by atoms with Crippen LogP contribution in [-0.2, 0) is 9.53 Å². The van der Waals surface area contributed by atoms with Gasteiger partial charge in [-0.15, -0.1) is 0 Å². The minimum absolute atomic E-state index is 0.0431. The van der Waals surface area contributed by atoms with Crippen LogP contribution in [0.5, 0.6) is 0 Å². The zero-order valence-corrected chi connectivity index (χ0v) is 14.7. The van der Waals surface area contributed by atoms with E-state index in [1.807, 2.05) is 0 Å². The smallest absolute Gasteiger partial charge is 0.360 e. The lowest BCUT2D eigenvalue weighted by Gasteiger charge is -2.08. The number of hydrazone groups is 2.